The Labute approximate surface area is 127 Å². The van der Waals surface area contributed by atoms with Gasteiger partial charge in [0, 0.05) is 23.9 Å². The van der Waals surface area contributed by atoms with Gasteiger partial charge in [0.15, 0.2) is 16.1 Å². The molecule has 0 spiro atoms. The number of fused-ring (bicyclic) bond motifs is 1. The lowest BCUT2D eigenvalue weighted by atomic mass is 10.2. The van der Waals surface area contributed by atoms with E-state index in [9.17, 15) is 10.1 Å². The van der Waals surface area contributed by atoms with Gasteiger partial charge in [-0.25, -0.2) is 9.97 Å². The molecule has 0 bridgehead atoms. The van der Waals surface area contributed by atoms with E-state index in [1.807, 2.05) is 0 Å². The van der Waals surface area contributed by atoms with Crippen molar-refractivity contribution in [1.82, 2.24) is 20.2 Å². The van der Waals surface area contributed by atoms with Crippen molar-refractivity contribution < 1.29 is 4.92 Å². The Hall–Kier alpha value is -2.38. The standard InChI is InChI=1S/C12H5Cl2N5O2/c13-10-8-5-15-12(16-9(8)11(14)18-17-10)6-1-3-7(4-2-6)19(20)21/h1-5H. The van der Waals surface area contributed by atoms with Crippen LogP contribution in [0.3, 0.4) is 0 Å². The molecule has 0 unspecified atom stereocenters. The molecule has 0 saturated heterocycles. The predicted octanol–water partition coefficient (Wildman–Crippen LogP) is 3.30. The van der Waals surface area contributed by atoms with E-state index < -0.39 is 4.92 Å². The molecule has 0 atom stereocenters. The normalized spacial score (nSPS) is 10.8. The van der Waals surface area contributed by atoms with Crippen LogP contribution in [0.25, 0.3) is 22.3 Å². The lowest BCUT2D eigenvalue weighted by Gasteiger charge is -2.03. The molecule has 21 heavy (non-hydrogen) atoms. The van der Waals surface area contributed by atoms with Gasteiger partial charge in [0.2, 0.25) is 0 Å². The van der Waals surface area contributed by atoms with Crippen molar-refractivity contribution in [2.24, 2.45) is 0 Å². The second-order valence-electron chi connectivity index (χ2n) is 4.04. The highest BCUT2D eigenvalue weighted by Crippen LogP contribution is 2.26. The number of benzene rings is 1. The molecule has 3 rings (SSSR count). The molecule has 0 aliphatic carbocycles. The van der Waals surface area contributed by atoms with E-state index in [1.165, 1.54) is 18.3 Å². The van der Waals surface area contributed by atoms with Crippen molar-refractivity contribution in [1.29, 1.82) is 0 Å². The Morgan fingerprint density at radius 3 is 2.38 bits per heavy atom. The van der Waals surface area contributed by atoms with Crippen LogP contribution in [0.5, 0.6) is 0 Å². The van der Waals surface area contributed by atoms with Gasteiger partial charge in [0.05, 0.1) is 10.3 Å². The summed E-state index contributed by atoms with van der Waals surface area (Å²) >= 11 is 11.8. The summed E-state index contributed by atoms with van der Waals surface area (Å²) in [5.41, 5.74) is 0.984. The topological polar surface area (TPSA) is 94.7 Å². The minimum absolute atomic E-state index is 0.00789. The summed E-state index contributed by atoms with van der Waals surface area (Å²) in [4.78, 5) is 18.6. The van der Waals surface area contributed by atoms with Crippen molar-refractivity contribution in [3.05, 3.63) is 50.9 Å². The molecule has 2 heterocycles. The minimum atomic E-state index is -0.475. The molecule has 7 nitrogen and oxygen atoms in total. The summed E-state index contributed by atoms with van der Waals surface area (Å²) in [6.07, 6.45) is 1.49. The molecular weight excluding hydrogens is 317 g/mol. The highest BCUT2D eigenvalue weighted by Gasteiger charge is 2.12. The summed E-state index contributed by atoms with van der Waals surface area (Å²) < 4.78 is 0. The Kier molecular flexibility index (Phi) is 3.36. The van der Waals surface area contributed by atoms with Gasteiger partial charge in [0.25, 0.3) is 5.69 Å². The van der Waals surface area contributed by atoms with E-state index in [0.29, 0.717) is 22.3 Å². The van der Waals surface area contributed by atoms with Gasteiger partial charge in [-0.05, 0) is 12.1 Å². The van der Waals surface area contributed by atoms with Crippen LogP contribution >= 0.6 is 23.2 Å². The van der Waals surface area contributed by atoms with Crippen molar-refractivity contribution in [2.75, 3.05) is 0 Å². The second kappa shape index (κ2) is 5.19. The van der Waals surface area contributed by atoms with Crippen LogP contribution in [-0.2, 0) is 0 Å². The first-order valence-electron chi connectivity index (χ1n) is 5.65. The van der Waals surface area contributed by atoms with Crippen LogP contribution in [-0.4, -0.2) is 25.1 Å². The molecule has 9 heteroatoms. The Balaban J connectivity index is 2.12. The highest BCUT2D eigenvalue weighted by molar-refractivity contribution is 6.37. The number of hydrogen-bond donors (Lipinski definition) is 0. The summed E-state index contributed by atoms with van der Waals surface area (Å²) in [5.74, 6) is 0.364. The van der Waals surface area contributed by atoms with E-state index >= 15 is 0 Å². The van der Waals surface area contributed by atoms with E-state index in [0.717, 1.165) is 0 Å². The maximum absolute atomic E-state index is 10.6. The predicted molar refractivity (Wildman–Crippen MR) is 77.2 cm³/mol. The van der Waals surface area contributed by atoms with Gasteiger partial charge in [-0.15, -0.1) is 10.2 Å². The average Bonchev–Trinajstić information content (AvgIpc) is 2.51. The van der Waals surface area contributed by atoms with Crippen LogP contribution in [0.4, 0.5) is 5.69 Å². The van der Waals surface area contributed by atoms with Crippen LogP contribution in [0.1, 0.15) is 0 Å². The first kappa shape index (κ1) is 13.6. The molecule has 0 N–H and O–H groups in total. The van der Waals surface area contributed by atoms with Crippen molar-refractivity contribution in [3.63, 3.8) is 0 Å². The fourth-order valence-electron chi connectivity index (χ4n) is 1.75. The zero-order valence-corrected chi connectivity index (χ0v) is 11.7. The minimum Gasteiger partial charge on any atom is -0.258 e. The third-order valence-corrected chi connectivity index (χ3v) is 3.30. The third kappa shape index (κ3) is 2.48. The monoisotopic (exact) mass is 321 g/mol. The van der Waals surface area contributed by atoms with E-state index in [2.05, 4.69) is 20.2 Å². The maximum Gasteiger partial charge on any atom is 0.269 e. The summed E-state index contributed by atoms with van der Waals surface area (Å²) in [6, 6.07) is 5.87. The molecule has 0 fully saturated rings. The SMILES string of the molecule is O=[N+]([O-])c1ccc(-c2ncc3c(Cl)nnc(Cl)c3n2)cc1. The Bertz CT molecular complexity index is 854. The number of non-ortho nitro benzene ring substituents is 1. The zero-order chi connectivity index (χ0) is 15.0. The fraction of sp³-hybridized carbons (Fsp3) is 0. The molecule has 3 aromatic rings. The lowest BCUT2D eigenvalue weighted by Crippen LogP contribution is -1.95. The summed E-state index contributed by atoms with van der Waals surface area (Å²) in [7, 11) is 0. The van der Waals surface area contributed by atoms with Crippen molar-refractivity contribution in [2.45, 2.75) is 0 Å². The lowest BCUT2D eigenvalue weighted by molar-refractivity contribution is -0.384. The number of aromatic nitrogens is 4. The molecule has 0 radical (unpaired) electrons. The van der Waals surface area contributed by atoms with Crippen LogP contribution < -0.4 is 0 Å². The van der Waals surface area contributed by atoms with E-state index in [4.69, 9.17) is 23.2 Å². The Morgan fingerprint density at radius 1 is 1.05 bits per heavy atom. The van der Waals surface area contributed by atoms with Crippen LogP contribution in [0.2, 0.25) is 10.3 Å². The van der Waals surface area contributed by atoms with Gasteiger partial charge in [-0.3, -0.25) is 10.1 Å². The summed E-state index contributed by atoms with van der Waals surface area (Å²) in [5, 5.41) is 18.7. The molecule has 1 aromatic carbocycles. The van der Waals surface area contributed by atoms with Gasteiger partial charge in [-0.1, -0.05) is 23.2 Å². The van der Waals surface area contributed by atoms with Crippen LogP contribution in [0, 0.1) is 10.1 Å². The highest BCUT2D eigenvalue weighted by atomic mass is 35.5. The fourth-order valence-corrected chi connectivity index (χ4v) is 2.11. The Morgan fingerprint density at radius 2 is 1.71 bits per heavy atom. The van der Waals surface area contributed by atoms with Crippen molar-refractivity contribution in [3.8, 4) is 11.4 Å². The van der Waals surface area contributed by atoms with E-state index in [-0.39, 0.29) is 16.0 Å². The van der Waals surface area contributed by atoms with E-state index in [1.54, 1.807) is 12.1 Å². The molecule has 0 aliphatic rings. The average molecular weight is 322 g/mol. The van der Waals surface area contributed by atoms with Gasteiger partial charge < -0.3 is 0 Å². The molecule has 0 amide bonds. The van der Waals surface area contributed by atoms with Gasteiger partial charge in [0.1, 0.15) is 5.52 Å². The quantitative estimate of drug-likeness (QED) is 0.530. The number of rotatable bonds is 2. The first-order valence-corrected chi connectivity index (χ1v) is 6.41. The molecular formula is C12H5Cl2N5O2. The molecule has 104 valence electrons. The summed E-state index contributed by atoms with van der Waals surface area (Å²) in [6.45, 7) is 0. The maximum atomic E-state index is 10.6. The van der Waals surface area contributed by atoms with Crippen molar-refractivity contribution >= 4 is 39.8 Å². The zero-order valence-electron chi connectivity index (χ0n) is 10.2. The number of nitro benzene ring substituents is 1. The van der Waals surface area contributed by atoms with Gasteiger partial charge >= 0.3 is 0 Å². The number of nitro groups is 1. The number of halogens is 2. The van der Waals surface area contributed by atoms with Gasteiger partial charge in [-0.2, -0.15) is 0 Å². The largest absolute Gasteiger partial charge is 0.269 e. The third-order valence-electron chi connectivity index (χ3n) is 2.77. The number of hydrogen-bond acceptors (Lipinski definition) is 6. The molecule has 0 saturated carbocycles. The van der Waals surface area contributed by atoms with Crippen LogP contribution in [0.15, 0.2) is 30.5 Å². The molecule has 2 aromatic heterocycles. The smallest absolute Gasteiger partial charge is 0.258 e. The number of nitrogens with zero attached hydrogens (tertiary/aromatic N) is 5. The molecule has 0 aliphatic heterocycles. The first-order chi connectivity index (χ1) is 10.1. The second-order valence-corrected chi connectivity index (χ2v) is 4.76.